The van der Waals surface area contributed by atoms with Gasteiger partial charge in [0.25, 0.3) is 0 Å². The molecule has 0 fully saturated rings. The van der Waals surface area contributed by atoms with Gasteiger partial charge in [0.2, 0.25) is 5.95 Å². The van der Waals surface area contributed by atoms with Crippen LogP contribution in [0, 0.1) is 0 Å². The summed E-state index contributed by atoms with van der Waals surface area (Å²) in [7, 11) is 0. The number of para-hydroxylation sites is 1. The Morgan fingerprint density at radius 3 is 2.44 bits per heavy atom. The molecule has 0 atom stereocenters. The van der Waals surface area contributed by atoms with Gasteiger partial charge in [-0.1, -0.05) is 38.1 Å². The predicted molar refractivity (Wildman–Crippen MR) is 99.9 cm³/mol. The Labute approximate surface area is 147 Å². The summed E-state index contributed by atoms with van der Waals surface area (Å²) in [6.45, 7) is 4.91. The van der Waals surface area contributed by atoms with Gasteiger partial charge >= 0.3 is 0 Å². The van der Waals surface area contributed by atoms with Crippen LogP contribution in [-0.2, 0) is 19.4 Å². The van der Waals surface area contributed by atoms with Gasteiger partial charge in [0.1, 0.15) is 0 Å². The number of aryl methyl sites for hydroxylation is 2. The fraction of sp³-hybridized carbons (Fsp3) is 0.263. The molecular weight excluding hydrogens is 312 g/mol. The van der Waals surface area contributed by atoms with Crippen molar-refractivity contribution in [2.24, 2.45) is 0 Å². The molecule has 0 amide bonds. The van der Waals surface area contributed by atoms with Gasteiger partial charge in [0, 0.05) is 24.6 Å². The molecule has 0 unspecified atom stereocenters. The van der Waals surface area contributed by atoms with Gasteiger partial charge in [0.05, 0.1) is 6.20 Å². The Balaban J connectivity index is 1.76. The average molecular weight is 334 g/mol. The predicted octanol–water partition coefficient (Wildman–Crippen LogP) is 3.75. The molecule has 0 aliphatic heterocycles. The monoisotopic (exact) mass is 334 g/mol. The van der Waals surface area contributed by atoms with E-state index < -0.39 is 0 Å². The lowest BCUT2D eigenvalue weighted by Crippen LogP contribution is -2.07. The highest BCUT2D eigenvalue weighted by Crippen LogP contribution is 2.25. The van der Waals surface area contributed by atoms with Gasteiger partial charge in [-0.3, -0.25) is 4.98 Å². The Morgan fingerprint density at radius 2 is 1.76 bits per heavy atom. The molecule has 6 heteroatoms. The molecule has 1 aromatic carbocycles. The van der Waals surface area contributed by atoms with E-state index in [1.807, 2.05) is 18.3 Å². The highest BCUT2D eigenvalue weighted by atomic mass is 15.3. The van der Waals surface area contributed by atoms with Crippen LogP contribution in [0.1, 0.15) is 30.5 Å². The molecule has 2 heterocycles. The summed E-state index contributed by atoms with van der Waals surface area (Å²) in [5, 5.41) is 14.7. The molecule has 2 aromatic heterocycles. The van der Waals surface area contributed by atoms with E-state index in [2.05, 4.69) is 62.8 Å². The smallest absolute Gasteiger partial charge is 0.244 e. The third kappa shape index (κ3) is 4.29. The van der Waals surface area contributed by atoms with Crippen LogP contribution in [0.2, 0.25) is 0 Å². The number of nitrogens with one attached hydrogen (secondary N) is 2. The second-order valence-electron chi connectivity index (χ2n) is 5.66. The number of pyridine rings is 1. The van der Waals surface area contributed by atoms with E-state index in [-0.39, 0.29) is 0 Å². The first-order chi connectivity index (χ1) is 12.3. The third-order valence-corrected chi connectivity index (χ3v) is 3.98. The SMILES string of the molecule is CCc1cccc(CC)c1Nc1cnnc(NCc2cccnc2)n1. The minimum absolute atomic E-state index is 0.487. The molecule has 0 aliphatic rings. The van der Waals surface area contributed by atoms with E-state index in [0.717, 1.165) is 24.1 Å². The summed E-state index contributed by atoms with van der Waals surface area (Å²) >= 11 is 0. The molecule has 0 saturated heterocycles. The second-order valence-corrected chi connectivity index (χ2v) is 5.66. The number of hydrogen-bond donors (Lipinski definition) is 2. The molecule has 0 spiro atoms. The topological polar surface area (TPSA) is 75.6 Å². The average Bonchev–Trinajstić information content (AvgIpc) is 2.67. The van der Waals surface area contributed by atoms with Crippen LogP contribution in [-0.4, -0.2) is 20.2 Å². The maximum Gasteiger partial charge on any atom is 0.244 e. The van der Waals surface area contributed by atoms with Gasteiger partial charge in [0.15, 0.2) is 5.82 Å². The van der Waals surface area contributed by atoms with Crippen molar-refractivity contribution in [2.45, 2.75) is 33.2 Å². The van der Waals surface area contributed by atoms with Crippen LogP contribution < -0.4 is 10.6 Å². The lowest BCUT2D eigenvalue weighted by Gasteiger charge is -2.15. The zero-order valence-corrected chi connectivity index (χ0v) is 14.5. The van der Waals surface area contributed by atoms with Crippen molar-refractivity contribution >= 4 is 17.5 Å². The van der Waals surface area contributed by atoms with Crippen LogP contribution in [0.25, 0.3) is 0 Å². The summed E-state index contributed by atoms with van der Waals surface area (Å²) in [5.41, 5.74) is 4.71. The first-order valence-corrected chi connectivity index (χ1v) is 8.50. The lowest BCUT2D eigenvalue weighted by molar-refractivity contribution is 0.945. The molecule has 128 valence electrons. The standard InChI is InChI=1S/C19H22N6/c1-3-15-8-5-9-16(4-2)18(15)23-17-13-22-25-19(24-17)21-12-14-7-6-10-20-11-14/h5-11,13H,3-4,12H2,1-2H3,(H2,21,23,24,25). The van der Waals surface area contributed by atoms with Gasteiger partial charge < -0.3 is 10.6 Å². The summed E-state index contributed by atoms with van der Waals surface area (Å²) in [4.78, 5) is 8.62. The Morgan fingerprint density at radius 1 is 0.960 bits per heavy atom. The quantitative estimate of drug-likeness (QED) is 0.685. The molecule has 3 aromatic rings. The lowest BCUT2D eigenvalue weighted by atomic mass is 10.0. The first-order valence-electron chi connectivity index (χ1n) is 8.50. The largest absolute Gasteiger partial charge is 0.349 e. The zero-order valence-electron chi connectivity index (χ0n) is 14.5. The number of benzene rings is 1. The molecule has 2 N–H and O–H groups in total. The van der Waals surface area contributed by atoms with Crippen molar-refractivity contribution in [2.75, 3.05) is 10.6 Å². The van der Waals surface area contributed by atoms with Crippen molar-refractivity contribution in [1.29, 1.82) is 0 Å². The number of hydrogen-bond acceptors (Lipinski definition) is 6. The summed E-state index contributed by atoms with van der Waals surface area (Å²) in [6.07, 6.45) is 7.12. The maximum absolute atomic E-state index is 4.52. The van der Waals surface area contributed by atoms with Crippen LogP contribution in [0.4, 0.5) is 17.5 Å². The minimum atomic E-state index is 0.487. The Bertz CT molecular complexity index is 797. The summed E-state index contributed by atoms with van der Waals surface area (Å²) < 4.78 is 0. The van der Waals surface area contributed by atoms with Gasteiger partial charge in [-0.2, -0.15) is 10.1 Å². The number of rotatable bonds is 7. The van der Waals surface area contributed by atoms with Crippen molar-refractivity contribution in [3.8, 4) is 0 Å². The van der Waals surface area contributed by atoms with E-state index in [0.29, 0.717) is 18.3 Å². The van der Waals surface area contributed by atoms with Crippen LogP contribution in [0.3, 0.4) is 0 Å². The third-order valence-electron chi connectivity index (χ3n) is 3.98. The van der Waals surface area contributed by atoms with E-state index in [4.69, 9.17) is 0 Å². The van der Waals surface area contributed by atoms with E-state index >= 15 is 0 Å². The highest BCUT2D eigenvalue weighted by Gasteiger charge is 2.08. The van der Waals surface area contributed by atoms with Crippen LogP contribution in [0.5, 0.6) is 0 Å². The highest BCUT2D eigenvalue weighted by molar-refractivity contribution is 5.65. The van der Waals surface area contributed by atoms with Crippen LogP contribution >= 0.6 is 0 Å². The fourth-order valence-corrected chi connectivity index (χ4v) is 2.65. The maximum atomic E-state index is 4.52. The van der Waals surface area contributed by atoms with E-state index in [1.165, 1.54) is 11.1 Å². The van der Waals surface area contributed by atoms with Crippen molar-refractivity contribution in [3.05, 3.63) is 65.6 Å². The number of anilines is 3. The van der Waals surface area contributed by atoms with Gasteiger partial charge in [-0.25, -0.2) is 0 Å². The first kappa shape index (κ1) is 16.8. The molecule has 0 saturated carbocycles. The van der Waals surface area contributed by atoms with Crippen molar-refractivity contribution in [1.82, 2.24) is 20.2 Å². The van der Waals surface area contributed by atoms with Gasteiger partial charge in [-0.15, -0.1) is 5.10 Å². The van der Waals surface area contributed by atoms with Gasteiger partial charge in [-0.05, 0) is 35.6 Å². The minimum Gasteiger partial charge on any atom is -0.349 e. The van der Waals surface area contributed by atoms with Crippen molar-refractivity contribution in [3.63, 3.8) is 0 Å². The molecule has 0 bridgehead atoms. The molecule has 0 radical (unpaired) electrons. The Kier molecular flexibility index (Phi) is 5.51. The summed E-state index contributed by atoms with van der Waals surface area (Å²) in [6, 6.07) is 10.3. The molecular formula is C19H22N6. The molecule has 3 rings (SSSR count). The molecule has 25 heavy (non-hydrogen) atoms. The van der Waals surface area contributed by atoms with Crippen LogP contribution in [0.15, 0.2) is 48.9 Å². The Hall–Kier alpha value is -3.02. The second kappa shape index (κ2) is 8.19. The van der Waals surface area contributed by atoms with Crippen molar-refractivity contribution < 1.29 is 0 Å². The normalized spacial score (nSPS) is 10.5. The zero-order chi connectivity index (χ0) is 17.5. The summed E-state index contributed by atoms with van der Waals surface area (Å²) in [5.74, 6) is 1.17. The fourth-order valence-electron chi connectivity index (χ4n) is 2.65. The van der Waals surface area contributed by atoms with E-state index in [1.54, 1.807) is 12.4 Å². The molecule has 0 aliphatic carbocycles. The van der Waals surface area contributed by atoms with E-state index in [9.17, 15) is 0 Å². The molecule has 6 nitrogen and oxygen atoms in total. The number of nitrogens with zero attached hydrogens (tertiary/aromatic N) is 4. The number of aromatic nitrogens is 4.